The predicted molar refractivity (Wildman–Crippen MR) is 64.9 cm³/mol. The van der Waals surface area contributed by atoms with E-state index in [1.807, 2.05) is 0 Å². The molecule has 0 aliphatic carbocycles. The Morgan fingerprint density at radius 3 is 2.89 bits per heavy atom. The van der Waals surface area contributed by atoms with Crippen LogP contribution in [0.15, 0.2) is 6.33 Å². The van der Waals surface area contributed by atoms with Crippen LogP contribution >= 0.6 is 0 Å². The van der Waals surface area contributed by atoms with Crippen LogP contribution in [0.1, 0.15) is 6.92 Å². The van der Waals surface area contributed by atoms with Gasteiger partial charge < -0.3 is 20.5 Å². The Kier molecular flexibility index (Phi) is 5.73. The second-order valence-corrected chi connectivity index (χ2v) is 3.88. The number of anilines is 1. The van der Waals surface area contributed by atoms with Crippen LogP contribution in [0.5, 0.6) is 0 Å². The van der Waals surface area contributed by atoms with Gasteiger partial charge in [-0.25, -0.2) is 9.67 Å². The van der Waals surface area contributed by atoms with Crippen LogP contribution in [0.3, 0.4) is 0 Å². The molecule has 0 aromatic carbocycles. The lowest BCUT2D eigenvalue weighted by atomic mass is 10.3. The molecule has 1 heterocycles. The van der Waals surface area contributed by atoms with Crippen molar-refractivity contribution in [3.05, 3.63) is 6.33 Å². The van der Waals surface area contributed by atoms with Gasteiger partial charge >= 0.3 is 5.97 Å². The van der Waals surface area contributed by atoms with Crippen molar-refractivity contribution in [3.63, 3.8) is 0 Å². The Morgan fingerprint density at radius 2 is 2.32 bits per heavy atom. The second-order valence-electron chi connectivity index (χ2n) is 3.88. The van der Waals surface area contributed by atoms with Crippen molar-refractivity contribution in [3.8, 4) is 0 Å². The van der Waals surface area contributed by atoms with E-state index in [0.717, 1.165) is 0 Å². The van der Waals surface area contributed by atoms with Crippen molar-refractivity contribution in [1.82, 2.24) is 20.1 Å². The van der Waals surface area contributed by atoms with Gasteiger partial charge in [-0.3, -0.25) is 9.59 Å². The quantitative estimate of drug-likeness (QED) is 0.582. The first-order valence-electron chi connectivity index (χ1n) is 5.60. The minimum absolute atomic E-state index is 0.0685. The molecule has 0 aliphatic rings. The second kappa shape index (κ2) is 7.31. The maximum atomic E-state index is 11.4. The van der Waals surface area contributed by atoms with Gasteiger partial charge in [0.2, 0.25) is 5.95 Å². The first-order chi connectivity index (χ1) is 9.01. The van der Waals surface area contributed by atoms with Gasteiger partial charge in [-0.15, -0.1) is 5.10 Å². The van der Waals surface area contributed by atoms with E-state index in [1.165, 1.54) is 18.1 Å². The summed E-state index contributed by atoms with van der Waals surface area (Å²) >= 11 is 0. The van der Waals surface area contributed by atoms with Gasteiger partial charge in [0.05, 0.1) is 6.61 Å². The zero-order valence-electron chi connectivity index (χ0n) is 10.8. The Bertz CT molecular complexity index is 433. The topological polar surface area (TPSA) is 121 Å². The van der Waals surface area contributed by atoms with Crippen molar-refractivity contribution < 1.29 is 19.1 Å². The van der Waals surface area contributed by atoms with Gasteiger partial charge in [0, 0.05) is 13.2 Å². The highest BCUT2D eigenvalue weighted by molar-refractivity contribution is 5.80. The van der Waals surface area contributed by atoms with Crippen molar-refractivity contribution in [1.29, 1.82) is 0 Å². The molecule has 1 rings (SSSR count). The third-order valence-electron chi connectivity index (χ3n) is 2.03. The summed E-state index contributed by atoms with van der Waals surface area (Å²) in [6.45, 7) is 1.67. The van der Waals surface area contributed by atoms with E-state index in [0.29, 0.717) is 6.61 Å². The molecule has 0 radical (unpaired) electrons. The molecule has 0 aliphatic heterocycles. The van der Waals surface area contributed by atoms with Crippen LogP contribution in [0.4, 0.5) is 5.95 Å². The number of hydrogen-bond acceptors (Lipinski definition) is 7. The largest absolute Gasteiger partial charge is 0.454 e. The number of carbonyl (C=O) groups is 2. The molecular formula is C10H17N5O4. The Labute approximate surface area is 110 Å². The van der Waals surface area contributed by atoms with Crippen LogP contribution in [0.2, 0.25) is 0 Å². The highest BCUT2D eigenvalue weighted by atomic mass is 16.5. The van der Waals surface area contributed by atoms with E-state index >= 15 is 0 Å². The van der Waals surface area contributed by atoms with E-state index in [2.05, 4.69) is 15.4 Å². The Morgan fingerprint density at radius 1 is 1.58 bits per heavy atom. The van der Waals surface area contributed by atoms with Crippen molar-refractivity contribution in [2.45, 2.75) is 19.5 Å². The maximum absolute atomic E-state index is 11.4. The molecule has 1 atom stereocenters. The molecule has 1 unspecified atom stereocenters. The Balaban J connectivity index is 2.24. The number of amides is 1. The van der Waals surface area contributed by atoms with E-state index in [9.17, 15) is 9.59 Å². The number of carbonyl (C=O) groups excluding carboxylic acids is 2. The summed E-state index contributed by atoms with van der Waals surface area (Å²) in [4.78, 5) is 26.4. The van der Waals surface area contributed by atoms with Gasteiger partial charge in [0.1, 0.15) is 12.9 Å². The number of nitrogens with zero attached hydrogens (tertiary/aromatic N) is 3. The fraction of sp³-hybridized carbons (Fsp3) is 0.600. The predicted octanol–water partition coefficient (Wildman–Crippen LogP) is -1.45. The summed E-state index contributed by atoms with van der Waals surface area (Å²) in [6.07, 6.45) is 1.30. The highest BCUT2D eigenvalue weighted by Crippen LogP contribution is 1.91. The molecule has 3 N–H and O–H groups in total. The summed E-state index contributed by atoms with van der Waals surface area (Å²) in [5, 5.41) is 6.32. The minimum atomic E-state index is -0.598. The van der Waals surface area contributed by atoms with Crippen LogP contribution in [0.25, 0.3) is 0 Å². The molecule has 1 aromatic heterocycles. The SMILES string of the molecule is COCC(C)NC(=O)COC(=O)Cn1cnc(N)n1. The third-order valence-corrected chi connectivity index (χ3v) is 2.03. The molecule has 0 saturated carbocycles. The number of nitrogens with one attached hydrogen (secondary N) is 1. The van der Waals surface area contributed by atoms with Gasteiger partial charge in [-0.1, -0.05) is 0 Å². The van der Waals surface area contributed by atoms with Gasteiger partial charge in [0.25, 0.3) is 5.91 Å². The van der Waals surface area contributed by atoms with E-state index < -0.39 is 11.9 Å². The first-order valence-corrected chi connectivity index (χ1v) is 5.60. The fourth-order valence-electron chi connectivity index (χ4n) is 1.32. The van der Waals surface area contributed by atoms with Gasteiger partial charge in [-0.2, -0.15) is 0 Å². The number of aromatic nitrogens is 3. The fourth-order valence-corrected chi connectivity index (χ4v) is 1.32. The summed E-state index contributed by atoms with van der Waals surface area (Å²) in [5.74, 6) is -0.922. The van der Waals surface area contributed by atoms with Crippen molar-refractivity contribution in [2.24, 2.45) is 0 Å². The third kappa shape index (κ3) is 5.82. The number of esters is 1. The van der Waals surface area contributed by atoms with Gasteiger partial charge in [0.15, 0.2) is 6.61 Å². The van der Waals surface area contributed by atoms with Crippen molar-refractivity contribution >= 4 is 17.8 Å². The smallest absolute Gasteiger partial charge is 0.328 e. The summed E-state index contributed by atoms with van der Waals surface area (Å²) in [5.41, 5.74) is 5.29. The zero-order valence-corrected chi connectivity index (χ0v) is 10.8. The molecule has 106 valence electrons. The number of ether oxygens (including phenoxy) is 2. The lowest BCUT2D eigenvalue weighted by molar-refractivity contribution is -0.149. The lowest BCUT2D eigenvalue weighted by Gasteiger charge is -2.12. The molecular weight excluding hydrogens is 254 g/mol. The molecule has 9 heteroatoms. The maximum Gasteiger partial charge on any atom is 0.328 e. The summed E-state index contributed by atoms with van der Waals surface area (Å²) < 4.78 is 10.9. The molecule has 1 aromatic rings. The first kappa shape index (κ1) is 14.9. The number of nitrogens with two attached hydrogens (primary N) is 1. The van der Waals surface area contributed by atoms with E-state index in [-0.39, 0.29) is 25.1 Å². The average molecular weight is 271 g/mol. The molecule has 0 fully saturated rings. The standard InChI is InChI=1S/C10H17N5O4/c1-7(4-18-2)13-8(16)5-19-9(17)3-15-6-12-10(11)14-15/h6-7H,3-5H2,1-2H3,(H2,11,14)(H,13,16). The van der Waals surface area contributed by atoms with Crippen molar-refractivity contribution in [2.75, 3.05) is 26.1 Å². The zero-order chi connectivity index (χ0) is 14.3. The van der Waals surface area contributed by atoms with Gasteiger partial charge in [-0.05, 0) is 6.92 Å². The van der Waals surface area contributed by atoms with E-state index in [1.54, 1.807) is 6.92 Å². The number of nitrogen functional groups attached to an aromatic ring is 1. The molecule has 0 saturated heterocycles. The average Bonchev–Trinajstić information content (AvgIpc) is 2.72. The monoisotopic (exact) mass is 271 g/mol. The molecule has 9 nitrogen and oxygen atoms in total. The van der Waals surface area contributed by atoms with Crippen LogP contribution in [-0.4, -0.2) is 53.0 Å². The van der Waals surface area contributed by atoms with Crippen LogP contribution < -0.4 is 11.1 Å². The Hall–Kier alpha value is -2.16. The highest BCUT2D eigenvalue weighted by Gasteiger charge is 2.11. The van der Waals surface area contributed by atoms with Crippen LogP contribution in [-0.2, 0) is 25.6 Å². The molecule has 0 spiro atoms. The number of rotatable bonds is 7. The summed E-state index contributed by atoms with van der Waals surface area (Å²) in [6, 6.07) is -0.147. The number of methoxy groups -OCH3 is 1. The minimum Gasteiger partial charge on any atom is -0.454 e. The lowest BCUT2D eigenvalue weighted by Crippen LogP contribution is -2.38. The summed E-state index contributed by atoms with van der Waals surface area (Å²) in [7, 11) is 1.53. The van der Waals surface area contributed by atoms with E-state index in [4.69, 9.17) is 15.2 Å². The molecule has 0 bridgehead atoms. The normalized spacial score (nSPS) is 11.9. The number of hydrogen-bond donors (Lipinski definition) is 2. The molecule has 19 heavy (non-hydrogen) atoms. The molecule has 1 amide bonds. The van der Waals surface area contributed by atoms with Crippen LogP contribution in [0, 0.1) is 0 Å².